The summed E-state index contributed by atoms with van der Waals surface area (Å²) >= 11 is 0. The summed E-state index contributed by atoms with van der Waals surface area (Å²) < 4.78 is 39.9. The third-order valence-electron chi connectivity index (χ3n) is 3.61. The number of nitrogens with one attached hydrogen (secondary N) is 1. The molecule has 0 spiro atoms. The van der Waals surface area contributed by atoms with Crippen molar-refractivity contribution in [1.82, 2.24) is 19.9 Å². The van der Waals surface area contributed by atoms with Crippen molar-refractivity contribution >= 4 is 11.6 Å². The Hall–Kier alpha value is -2.90. The lowest BCUT2D eigenvalue weighted by molar-refractivity contribution is -0.137. The minimum Gasteiger partial charge on any atom is -0.345 e. The van der Waals surface area contributed by atoms with Crippen LogP contribution in [0.3, 0.4) is 0 Å². The molecule has 3 aromatic rings. The molecule has 1 amide bonds. The zero-order valence-electron chi connectivity index (χ0n) is 12.6. The molecule has 0 unspecified atom stereocenters. The van der Waals surface area contributed by atoms with Gasteiger partial charge in [-0.3, -0.25) is 9.20 Å². The van der Waals surface area contributed by atoms with Gasteiger partial charge in [0.05, 0.1) is 17.2 Å². The highest BCUT2D eigenvalue weighted by molar-refractivity contribution is 5.94. The maximum atomic E-state index is 12.8. The average Bonchev–Trinajstić information content (AvgIpc) is 3.01. The molecule has 1 aromatic carbocycles. The predicted molar refractivity (Wildman–Crippen MR) is 80.3 cm³/mol. The van der Waals surface area contributed by atoms with Gasteiger partial charge in [-0.1, -0.05) is 12.1 Å². The van der Waals surface area contributed by atoms with Crippen molar-refractivity contribution in [1.29, 1.82) is 0 Å². The van der Waals surface area contributed by atoms with Crippen LogP contribution in [-0.2, 0) is 6.18 Å². The molecule has 0 bridgehead atoms. The molecule has 0 saturated carbocycles. The van der Waals surface area contributed by atoms with E-state index in [0.717, 1.165) is 12.1 Å². The van der Waals surface area contributed by atoms with Gasteiger partial charge in [0.15, 0.2) is 5.65 Å². The quantitative estimate of drug-likeness (QED) is 0.800. The molecule has 8 heteroatoms. The standard InChI is InChI=1S/C16H13F3N4O/c1-10(11-3-2-4-13(7-11)16(17,18)19)21-15(24)12-5-6-14-22-20-9-23(14)8-12/h2-10H,1H3,(H,21,24)/t10-/m0/s1. The monoisotopic (exact) mass is 334 g/mol. The van der Waals surface area contributed by atoms with E-state index in [1.165, 1.54) is 12.4 Å². The SMILES string of the molecule is C[C@H](NC(=O)c1ccc2nncn2c1)c1cccc(C(F)(F)F)c1. The summed E-state index contributed by atoms with van der Waals surface area (Å²) in [5, 5.41) is 10.2. The molecule has 24 heavy (non-hydrogen) atoms. The van der Waals surface area contributed by atoms with Crippen molar-refractivity contribution < 1.29 is 18.0 Å². The third kappa shape index (κ3) is 3.22. The van der Waals surface area contributed by atoms with E-state index in [9.17, 15) is 18.0 Å². The largest absolute Gasteiger partial charge is 0.416 e. The maximum absolute atomic E-state index is 12.8. The third-order valence-corrected chi connectivity index (χ3v) is 3.61. The van der Waals surface area contributed by atoms with Crippen LogP contribution in [0.15, 0.2) is 48.9 Å². The number of benzene rings is 1. The van der Waals surface area contributed by atoms with E-state index < -0.39 is 23.7 Å². The van der Waals surface area contributed by atoms with Crippen LogP contribution in [0.1, 0.15) is 34.5 Å². The van der Waals surface area contributed by atoms with Crippen LogP contribution < -0.4 is 5.32 Å². The lowest BCUT2D eigenvalue weighted by Gasteiger charge is -2.16. The average molecular weight is 334 g/mol. The molecule has 2 heterocycles. The highest BCUT2D eigenvalue weighted by Crippen LogP contribution is 2.30. The first-order chi connectivity index (χ1) is 11.3. The van der Waals surface area contributed by atoms with Crippen molar-refractivity contribution in [3.63, 3.8) is 0 Å². The Balaban J connectivity index is 1.78. The van der Waals surface area contributed by atoms with Gasteiger partial charge in [0.2, 0.25) is 0 Å². The summed E-state index contributed by atoms with van der Waals surface area (Å²) in [4.78, 5) is 12.3. The highest BCUT2D eigenvalue weighted by atomic mass is 19.4. The van der Waals surface area contributed by atoms with Crippen LogP contribution in [0.25, 0.3) is 5.65 Å². The van der Waals surface area contributed by atoms with Gasteiger partial charge in [-0.15, -0.1) is 10.2 Å². The van der Waals surface area contributed by atoms with E-state index in [2.05, 4.69) is 15.5 Å². The fourth-order valence-electron chi connectivity index (χ4n) is 2.31. The summed E-state index contributed by atoms with van der Waals surface area (Å²) in [6.07, 6.45) is -1.40. The van der Waals surface area contributed by atoms with Crippen LogP contribution in [-0.4, -0.2) is 20.5 Å². The van der Waals surface area contributed by atoms with E-state index >= 15 is 0 Å². The first-order valence-electron chi connectivity index (χ1n) is 7.12. The smallest absolute Gasteiger partial charge is 0.345 e. The molecule has 0 saturated heterocycles. The minimum atomic E-state index is -4.42. The molecule has 0 fully saturated rings. The summed E-state index contributed by atoms with van der Waals surface area (Å²) in [7, 11) is 0. The molecule has 124 valence electrons. The Bertz CT molecular complexity index is 888. The van der Waals surface area contributed by atoms with Crippen LogP contribution in [0.2, 0.25) is 0 Å². The fraction of sp³-hybridized carbons (Fsp3) is 0.188. The minimum absolute atomic E-state index is 0.362. The first kappa shape index (κ1) is 16.0. The Kier molecular flexibility index (Phi) is 3.96. The molecule has 2 aromatic heterocycles. The van der Waals surface area contributed by atoms with Crippen LogP contribution in [0, 0.1) is 0 Å². The fourth-order valence-corrected chi connectivity index (χ4v) is 2.31. The van der Waals surface area contributed by atoms with Crippen LogP contribution in [0.5, 0.6) is 0 Å². The molecule has 0 aliphatic heterocycles. The summed E-state index contributed by atoms with van der Waals surface area (Å²) in [6.45, 7) is 1.63. The number of carbonyl (C=O) groups excluding carboxylic acids is 1. The molecular formula is C16H13F3N4O. The second-order valence-corrected chi connectivity index (χ2v) is 5.33. The molecule has 0 aliphatic rings. The number of alkyl halides is 3. The normalized spacial score (nSPS) is 13.0. The second-order valence-electron chi connectivity index (χ2n) is 5.33. The van der Waals surface area contributed by atoms with E-state index in [1.54, 1.807) is 35.7 Å². The topological polar surface area (TPSA) is 59.3 Å². The number of amides is 1. The van der Waals surface area contributed by atoms with Crippen molar-refractivity contribution in [2.45, 2.75) is 19.1 Å². The lowest BCUT2D eigenvalue weighted by Crippen LogP contribution is -2.27. The van der Waals surface area contributed by atoms with E-state index in [-0.39, 0.29) is 0 Å². The van der Waals surface area contributed by atoms with Gasteiger partial charge in [-0.25, -0.2) is 0 Å². The number of hydrogen-bond acceptors (Lipinski definition) is 3. The Labute approximate surface area is 135 Å². The van der Waals surface area contributed by atoms with Gasteiger partial charge in [0.25, 0.3) is 5.91 Å². The van der Waals surface area contributed by atoms with Gasteiger partial charge < -0.3 is 5.32 Å². The molecule has 0 aliphatic carbocycles. The zero-order chi connectivity index (χ0) is 17.3. The maximum Gasteiger partial charge on any atom is 0.416 e. The highest BCUT2D eigenvalue weighted by Gasteiger charge is 2.30. The Morgan fingerprint density at radius 3 is 2.79 bits per heavy atom. The summed E-state index contributed by atoms with van der Waals surface area (Å²) in [5.41, 5.74) is 0.592. The van der Waals surface area contributed by atoms with Gasteiger partial charge in [0, 0.05) is 6.20 Å². The zero-order valence-corrected chi connectivity index (χ0v) is 12.6. The number of carbonyl (C=O) groups is 1. The number of pyridine rings is 1. The molecule has 3 rings (SSSR count). The number of aromatic nitrogens is 3. The van der Waals surface area contributed by atoms with Crippen molar-refractivity contribution in [3.05, 3.63) is 65.6 Å². The number of rotatable bonds is 3. The second kappa shape index (κ2) is 5.95. The summed E-state index contributed by atoms with van der Waals surface area (Å²) in [5.74, 6) is -0.393. The van der Waals surface area contributed by atoms with Crippen molar-refractivity contribution in [3.8, 4) is 0 Å². The van der Waals surface area contributed by atoms with Crippen molar-refractivity contribution in [2.24, 2.45) is 0 Å². The van der Waals surface area contributed by atoms with Gasteiger partial charge in [0.1, 0.15) is 6.33 Å². The molecule has 0 radical (unpaired) electrons. The van der Waals surface area contributed by atoms with E-state index in [1.807, 2.05) is 0 Å². The number of fused-ring (bicyclic) bond motifs is 1. The van der Waals surface area contributed by atoms with E-state index in [4.69, 9.17) is 0 Å². The van der Waals surface area contributed by atoms with Crippen LogP contribution >= 0.6 is 0 Å². The molecule has 5 nitrogen and oxygen atoms in total. The molecule has 1 atom stereocenters. The first-order valence-corrected chi connectivity index (χ1v) is 7.12. The number of halogens is 3. The summed E-state index contributed by atoms with van der Waals surface area (Å²) in [6, 6.07) is 7.55. The number of hydrogen-bond donors (Lipinski definition) is 1. The van der Waals surface area contributed by atoms with Crippen molar-refractivity contribution in [2.75, 3.05) is 0 Å². The lowest BCUT2D eigenvalue weighted by atomic mass is 10.0. The van der Waals surface area contributed by atoms with Gasteiger partial charge in [-0.05, 0) is 36.8 Å². The molecule has 1 N–H and O–H groups in total. The molecular weight excluding hydrogens is 321 g/mol. The number of nitrogens with zero attached hydrogens (tertiary/aromatic N) is 3. The predicted octanol–water partition coefficient (Wildman–Crippen LogP) is 3.24. The Morgan fingerprint density at radius 1 is 1.25 bits per heavy atom. The Morgan fingerprint density at radius 2 is 2.04 bits per heavy atom. The van der Waals surface area contributed by atoms with E-state index in [0.29, 0.717) is 16.8 Å². The van der Waals surface area contributed by atoms with Gasteiger partial charge >= 0.3 is 6.18 Å². The van der Waals surface area contributed by atoms with Crippen LogP contribution in [0.4, 0.5) is 13.2 Å². The van der Waals surface area contributed by atoms with Gasteiger partial charge in [-0.2, -0.15) is 13.2 Å².